The smallest absolute Gasteiger partial charge is 0.383 e. The zero-order valence-electron chi connectivity index (χ0n) is 9.90. The number of halogens is 3. The van der Waals surface area contributed by atoms with Crippen LogP contribution in [0.2, 0.25) is 0 Å². The molecule has 0 radical (unpaired) electrons. The van der Waals surface area contributed by atoms with Crippen molar-refractivity contribution in [3.63, 3.8) is 0 Å². The average Bonchev–Trinajstić information content (AvgIpc) is 2.27. The van der Waals surface area contributed by atoms with Crippen molar-refractivity contribution >= 4 is 15.5 Å². The molecule has 1 rings (SSSR count). The van der Waals surface area contributed by atoms with Crippen LogP contribution in [0.25, 0.3) is 0 Å². The first-order valence-electron chi connectivity index (χ1n) is 5.15. The van der Waals surface area contributed by atoms with E-state index >= 15 is 0 Å². The minimum absolute atomic E-state index is 0.0747. The molecule has 0 aromatic heterocycles. The number of rotatable bonds is 4. The fourth-order valence-corrected chi connectivity index (χ4v) is 1.90. The molecule has 1 aromatic carbocycles. The summed E-state index contributed by atoms with van der Waals surface area (Å²) in [5.74, 6) is -2.11. The van der Waals surface area contributed by atoms with Crippen molar-refractivity contribution in [2.45, 2.75) is 11.1 Å². The maximum Gasteiger partial charge on any atom is 0.406 e. The van der Waals surface area contributed by atoms with Gasteiger partial charge in [-0.25, -0.2) is 8.42 Å². The van der Waals surface area contributed by atoms with Crippen LogP contribution in [-0.4, -0.2) is 27.4 Å². The van der Waals surface area contributed by atoms with E-state index in [4.69, 9.17) is 5.26 Å². The van der Waals surface area contributed by atoms with Crippen LogP contribution in [0.5, 0.6) is 0 Å². The van der Waals surface area contributed by atoms with Gasteiger partial charge in [0.1, 0.15) is 0 Å². The van der Waals surface area contributed by atoms with Gasteiger partial charge in [-0.3, -0.25) is 0 Å². The van der Waals surface area contributed by atoms with Gasteiger partial charge >= 0.3 is 6.18 Å². The summed E-state index contributed by atoms with van der Waals surface area (Å²) >= 11 is 0. The Morgan fingerprint density at radius 2 is 1.84 bits per heavy atom. The highest BCUT2D eigenvalue weighted by Crippen LogP contribution is 2.26. The number of hydrogen-bond donors (Lipinski definition) is 1. The predicted molar refractivity (Wildman–Crippen MR) is 63.2 cm³/mol. The van der Waals surface area contributed by atoms with E-state index in [1.165, 1.54) is 24.3 Å². The highest BCUT2D eigenvalue weighted by Gasteiger charge is 2.39. The summed E-state index contributed by atoms with van der Waals surface area (Å²) in [5, 5.41) is 10.8. The molecule has 0 aliphatic carbocycles. The maximum absolute atomic E-state index is 12.3. The van der Waals surface area contributed by atoms with Crippen LogP contribution in [0.4, 0.5) is 18.9 Å². The molecule has 1 unspecified atom stereocenters. The van der Waals surface area contributed by atoms with E-state index in [1.807, 2.05) is 0 Å². The Bertz CT molecular complexity index is 573. The number of nitriles is 1. The lowest BCUT2D eigenvalue weighted by molar-refractivity contribution is -0.155. The summed E-state index contributed by atoms with van der Waals surface area (Å²) in [6, 6.07) is 6.43. The zero-order valence-corrected chi connectivity index (χ0v) is 10.7. The summed E-state index contributed by atoms with van der Waals surface area (Å²) in [5.41, 5.74) is 0.317. The summed E-state index contributed by atoms with van der Waals surface area (Å²) in [6.07, 6.45) is -3.56. The number of nitrogens with one attached hydrogen (secondary N) is 1. The van der Waals surface area contributed by atoms with Crippen LogP contribution in [0, 0.1) is 17.2 Å². The number of alkyl halides is 3. The largest absolute Gasteiger partial charge is 0.406 e. The molecule has 104 valence electrons. The fourth-order valence-electron chi connectivity index (χ4n) is 1.27. The van der Waals surface area contributed by atoms with Crippen molar-refractivity contribution in [2.24, 2.45) is 5.92 Å². The van der Waals surface area contributed by atoms with Crippen molar-refractivity contribution < 1.29 is 21.6 Å². The van der Waals surface area contributed by atoms with Crippen LogP contribution in [0.3, 0.4) is 0 Å². The zero-order chi connectivity index (χ0) is 14.7. The predicted octanol–water partition coefficient (Wildman–Crippen LogP) is 2.20. The van der Waals surface area contributed by atoms with Crippen molar-refractivity contribution in [3.8, 4) is 6.07 Å². The third-order valence-corrected chi connectivity index (χ3v) is 3.47. The second-order valence-corrected chi connectivity index (χ2v) is 5.92. The highest BCUT2D eigenvalue weighted by molar-refractivity contribution is 7.90. The molecule has 0 fully saturated rings. The molecule has 0 aliphatic rings. The van der Waals surface area contributed by atoms with Crippen molar-refractivity contribution in [3.05, 3.63) is 24.3 Å². The molecule has 8 heteroatoms. The third kappa shape index (κ3) is 4.44. The molecule has 0 spiro atoms. The lowest BCUT2D eigenvalue weighted by atomic mass is 10.1. The number of nitrogens with zero attached hydrogens (tertiary/aromatic N) is 1. The topological polar surface area (TPSA) is 70.0 Å². The van der Waals surface area contributed by atoms with Gasteiger partial charge in [0.25, 0.3) is 0 Å². The summed E-state index contributed by atoms with van der Waals surface area (Å²) in [7, 11) is -3.34. The van der Waals surface area contributed by atoms with Gasteiger partial charge in [0.15, 0.2) is 15.8 Å². The summed E-state index contributed by atoms with van der Waals surface area (Å²) < 4.78 is 59.3. The monoisotopic (exact) mass is 292 g/mol. The molecule has 0 heterocycles. The Balaban J connectivity index is 2.73. The molecule has 0 saturated carbocycles. The summed E-state index contributed by atoms with van der Waals surface area (Å²) in [6.45, 7) is -0.585. The average molecular weight is 292 g/mol. The van der Waals surface area contributed by atoms with Crippen molar-refractivity contribution in [1.82, 2.24) is 0 Å². The Labute approximate surface area is 108 Å². The van der Waals surface area contributed by atoms with Gasteiger partial charge in [0, 0.05) is 18.5 Å². The van der Waals surface area contributed by atoms with E-state index in [0.29, 0.717) is 5.69 Å². The normalized spacial score (nSPS) is 13.6. The Morgan fingerprint density at radius 1 is 1.32 bits per heavy atom. The van der Waals surface area contributed by atoms with Gasteiger partial charge in [0.05, 0.1) is 11.0 Å². The van der Waals surface area contributed by atoms with Gasteiger partial charge in [-0.2, -0.15) is 18.4 Å². The first kappa shape index (κ1) is 15.3. The molecular weight excluding hydrogens is 281 g/mol. The maximum atomic E-state index is 12.3. The van der Waals surface area contributed by atoms with Crippen LogP contribution in [-0.2, 0) is 9.84 Å². The Hall–Kier alpha value is -1.75. The van der Waals surface area contributed by atoms with Crippen LogP contribution in [0.15, 0.2) is 29.2 Å². The number of sulfone groups is 1. The second-order valence-electron chi connectivity index (χ2n) is 3.90. The van der Waals surface area contributed by atoms with E-state index in [1.54, 1.807) is 0 Å². The van der Waals surface area contributed by atoms with Gasteiger partial charge < -0.3 is 5.32 Å². The molecule has 1 aromatic rings. The number of anilines is 1. The SMILES string of the molecule is CS(=O)(=O)c1ccc(NCC(C#N)C(F)(F)F)cc1. The Morgan fingerprint density at radius 3 is 2.21 bits per heavy atom. The minimum Gasteiger partial charge on any atom is -0.383 e. The number of benzene rings is 1. The molecule has 1 N–H and O–H groups in total. The lowest BCUT2D eigenvalue weighted by Crippen LogP contribution is -2.28. The van der Waals surface area contributed by atoms with E-state index in [9.17, 15) is 21.6 Å². The van der Waals surface area contributed by atoms with Gasteiger partial charge in [-0.15, -0.1) is 0 Å². The van der Waals surface area contributed by atoms with Gasteiger partial charge in [-0.1, -0.05) is 0 Å². The number of hydrogen-bond acceptors (Lipinski definition) is 4. The molecule has 0 amide bonds. The van der Waals surface area contributed by atoms with E-state index in [0.717, 1.165) is 12.3 Å². The molecule has 0 aliphatic heterocycles. The van der Waals surface area contributed by atoms with E-state index in [-0.39, 0.29) is 4.90 Å². The molecule has 1 atom stereocenters. The van der Waals surface area contributed by atoms with Crippen LogP contribution in [0.1, 0.15) is 0 Å². The minimum atomic E-state index is -4.59. The molecule has 0 bridgehead atoms. The standard InChI is InChI=1S/C11H11F3N2O2S/c1-19(17,18)10-4-2-9(3-5-10)16-7-8(6-15)11(12,13)14/h2-5,8,16H,7H2,1H3. The molecule has 19 heavy (non-hydrogen) atoms. The summed E-state index contributed by atoms with van der Waals surface area (Å²) in [4.78, 5) is 0.0747. The van der Waals surface area contributed by atoms with Crippen molar-refractivity contribution in [1.29, 1.82) is 5.26 Å². The fraction of sp³-hybridized carbons (Fsp3) is 0.364. The van der Waals surface area contributed by atoms with Crippen LogP contribution < -0.4 is 5.32 Å². The van der Waals surface area contributed by atoms with Gasteiger partial charge in [-0.05, 0) is 24.3 Å². The molecule has 0 saturated heterocycles. The van der Waals surface area contributed by atoms with Crippen LogP contribution >= 0.6 is 0 Å². The Kier molecular flexibility index (Phi) is 4.42. The molecule has 4 nitrogen and oxygen atoms in total. The highest BCUT2D eigenvalue weighted by atomic mass is 32.2. The quantitative estimate of drug-likeness (QED) is 0.923. The van der Waals surface area contributed by atoms with E-state index < -0.39 is 28.5 Å². The van der Waals surface area contributed by atoms with E-state index in [2.05, 4.69) is 5.32 Å². The lowest BCUT2D eigenvalue weighted by Gasteiger charge is -2.14. The van der Waals surface area contributed by atoms with Crippen molar-refractivity contribution in [2.75, 3.05) is 18.1 Å². The first-order chi connectivity index (χ1) is 8.64. The molecular formula is C11H11F3N2O2S. The first-order valence-corrected chi connectivity index (χ1v) is 7.04. The second kappa shape index (κ2) is 5.48. The van der Waals surface area contributed by atoms with Gasteiger partial charge in [0.2, 0.25) is 0 Å². The third-order valence-electron chi connectivity index (χ3n) is 2.34.